The first-order chi connectivity index (χ1) is 15.2. The summed E-state index contributed by atoms with van der Waals surface area (Å²) in [5, 5.41) is 13.5. The van der Waals surface area contributed by atoms with Crippen LogP contribution in [0.5, 0.6) is 0 Å². The Morgan fingerprint density at radius 3 is 2.44 bits per heavy atom. The SMILES string of the molecule is O=C(CCn1c(-c2nc(C(=O)O)cs2)nc2ccccc21)Nc1ccc(C(F)(F)F)cc1. The molecule has 0 saturated carbocycles. The number of thiazole rings is 1. The largest absolute Gasteiger partial charge is 0.476 e. The number of rotatable bonds is 6. The van der Waals surface area contributed by atoms with Crippen molar-refractivity contribution >= 4 is 39.9 Å². The van der Waals surface area contributed by atoms with Gasteiger partial charge in [-0.25, -0.2) is 14.8 Å². The number of alkyl halides is 3. The Bertz CT molecular complexity index is 1300. The Kier molecular flexibility index (Phi) is 5.66. The van der Waals surface area contributed by atoms with Gasteiger partial charge in [-0.1, -0.05) is 12.1 Å². The molecule has 0 aliphatic carbocycles. The molecule has 4 rings (SSSR count). The van der Waals surface area contributed by atoms with Crippen molar-refractivity contribution in [1.82, 2.24) is 14.5 Å². The lowest BCUT2D eigenvalue weighted by Crippen LogP contribution is -2.15. The van der Waals surface area contributed by atoms with Crippen LogP contribution in [-0.4, -0.2) is 31.5 Å². The summed E-state index contributed by atoms with van der Waals surface area (Å²) >= 11 is 1.13. The number of nitrogens with zero attached hydrogens (tertiary/aromatic N) is 3. The van der Waals surface area contributed by atoms with Crippen LogP contribution in [0.3, 0.4) is 0 Å². The summed E-state index contributed by atoms with van der Waals surface area (Å²) in [4.78, 5) is 32.2. The van der Waals surface area contributed by atoms with Gasteiger partial charge in [0.25, 0.3) is 0 Å². The fourth-order valence-corrected chi connectivity index (χ4v) is 3.91. The van der Waals surface area contributed by atoms with Crippen LogP contribution in [0.4, 0.5) is 18.9 Å². The third kappa shape index (κ3) is 4.47. The van der Waals surface area contributed by atoms with E-state index in [0.29, 0.717) is 16.3 Å². The van der Waals surface area contributed by atoms with Gasteiger partial charge in [-0.3, -0.25) is 4.79 Å². The normalized spacial score (nSPS) is 11.6. The lowest BCUT2D eigenvalue weighted by molar-refractivity contribution is -0.137. The number of carboxylic acid groups (broad SMARTS) is 1. The quantitative estimate of drug-likeness (QED) is 0.426. The number of anilines is 1. The molecule has 0 aliphatic rings. The molecule has 0 atom stereocenters. The molecule has 4 aromatic rings. The summed E-state index contributed by atoms with van der Waals surface area (Å²) in [6.45, 7) is 0.213. The second kappa shape index (κ2) is 8.42. The fraction of sp³-hybridized carbons (Fsp3) is 0.143. The van der Waals surface area contributed by atoms with Gasteiger partial charge in [0.05, 0.1) is 16.6 Å². The van der Waals surface area contributed by atoms with Crippen LogP contribution in [0.2, 0.25) is 0 Å². The van der Waals surface area contributed by atoms with Crippen molar-refractivity contribution in [3.05, 3.63) is 65.2 Å². The average molecular weight is 460 g/mol. The molecule has 0 aliphatic heterocycles. The van der Waals surface area contributed by atoms with Crippen LogP contribution < -0.4 is 5.32 Å². The first kappa shape index (κ1) is 21.5. The number of carbonyl (C=O) groups excluding carboxylic acids is 1. The van der Waals surface area contributed by atoms with Crippen LogP contribution in [0.15, 0.2) is 53.9 Å². The molecule has 2 heterocycles. The zero-order valence-electron chi connectivity index (χ0n) is 16.3. The van der Waals surface area contributed by atoms with Gasteiger partial charge in [0.2, 0.25) is 5.91 Å². The van der Waals surface area contributed by atoms with Gasteiger partial charge >= 0.3 is 12.1 Å². The van der Waals surface area contributed by atoms with Gasteiger partial charge in [0, 0.05) is 24.0 Å². The maximum atomic E-state index is 12.7. The van der Waals surface area contributed by atoms with Crippen molar-refractivity contribution in [3.63, 3.8) is 0 Å². The standard InChI is InChI=1S/C21H15F3N4O3S/c22-21(23,24)12-5-7-13(8-6-12)25-17(29)9-10-28-16-4-2-1-3-14(16)26-18(28)19-27-15(11-32-19)20(30)31/h1-8,11H,9-10H2,(H,25,29)(H,30,31). The molecule has 7 nitrogen and oxygen atoms in total. The molecule has 0 saturated heterocycles. The minimum Gasteiger partial charge on any atom is -0.476 e. The van der Waals surface area contributed by atoms with Crippen LogP contribution in [0.25, 0.3) is 21.9 Å². The fourth-order valence-electron chi connectivity index (χ4n) is 3.12. The van der Waals surface area contributed by atoms with Crippen molar-refractivity contribution in [3.8, 4) is 10.8 Å². The number of aromatic nitrogens is 3. The van der Waals surface area contributed by atoms with E-state index in [1.807, 2.05) is 18.2 Å². The monoisotopic (exact) mass is 460 g/mol. The first-order valence-corrected chi connectivity index (χ1v) is 10.2. The van der Waals surface area contributed by atoms with Gasteiger partial charge < -0.3 is 15.0 Å². The highest BCUT2D eigenvalue weighted by Gasteiger charge is 2.30. The van der Waals surface area contributed by atoms with E-state index in [-0.39, 0.29) is 30.3 Å². The molecule has 11 heteroatoms. The summed E-state index contributed by atoms with van der Waals surface area (Å²) in [7, 11) is 0. The number of aryl methyl sites for hydroxylation is 1. The number of fused-ring (bicyclic) bond motifs is 1. The summed E-state index contributed by atoms with van der Waals surface area (Å²) in [6.07, 6.45) is -4.43. The summed E-state index contributed by atoms with van der Waals surface area (Å²) in [6, 6.07) is 11.4. The van der Waals surface area contributed by atoms with Crippen molar-refractivity contribution < 1.29 is 27.9 Å². The minimum atomic E-state index is -4.45. The molecule has 0 spiro atoms. The van der Waals surface area contributed by atoms with E-state index in [2.05, 4.69) is 15.3 Å². The maximum Gasteiger partial charge on any atom is 0.416 e. The second-order valence-electron chi connectivity index (χ2n) is 6.79. The zero-order chi connectivity index (χ0) is 22.9. The molecule has 164 valence electrons. The maximum absolute atomic E-state index is 12.7. The number of hydrogen-bond acceptors (Lipinski definition) is 5. The number of hydrogen-bond donors (Lipinski definition) is 2. The van der Waals surface area contributed by atoms with Crippen molar-refractivity contribution in [2.75, 3.05) is 5.32 Å². The molecule has 2 N–H and O–H groups in total. The van der Waals surface area contributed by atoms with E-state index < -0.39 is 17.7 Å². The van der Waals surface area contributed by atoms with E-state index in [1.54, 1.807) is 10.6 Å². The molecule has 0 unspecified atom stereocenters. The third-order valence-corrected chi connectivity index (χ3v) is 5.47. The predicted molar refractivity (Wildman–Crippen MR) is 112 cm³/mol. The molecular weight excluding hydrogens is 445 g/mol. The lowest BCUT2D eigenvalue weighted by atomic mass is 10.2. The molecule has 0 bridgehead atoms. The minimum absolute atomic E-state index is 0.0194. The summed E-state index contributed by atoms with van der Waals surface area (Å²) in [5.41, 5.74) is 0.775. The highest BCUT2D eigenvalue weighted by Crippen LogP contribution is 2.30. The number of carbonyl (C=O) groups is 2. The van der Waals surface area contributed by atoms with E-state index in [1.165, 1.54) is 17.5 Å². The van der Waals surface area contributed by atoms with E-state index in [0.717, 1.165) is 29.0 Å². The topological polar surface area (TPSA) is 97.1 Å². The van der Waals surface area contributed by atoms with Crippen molar-refractivity contribution in [1.29, 1.82) is 0 Å². The van der Waals surface area contributed by atoms with Crippen LogP contribution in [-0.2, 0) is 17.5 Å². The van der Waals surface area contributed by atoms with Crippen LogP contribution >= 0.6 is 11.3 Å². The number of aromatic carboxylic acids is 1. The highest BCUT2D eigenvalue weighted by molar-refractivity contribution is 7.13. The molecule has 32 heavy (non-hydrogen) atoms. The number of benzene rings is 2. The van der Waals surface area contributed by atoms with Gasteiger partial charge in [0.15, 0.2) is 16.5 Å². The van der Waals surface area contributed by atoms with Crippen molar-refractivity contribution in [2.45, 2.75) is 19.1 Å². The van der Waals surface area contributed by atoms with Gasteiger partial charge in [-0.2, -0.15) is 13.2 Å². The first-order valence-electron chi connectivity index (χ1n) is 9.34. The number of amides is 1. The molecule has 2 aromatic carbocycles. The summed E-state index contributed by atoms with van der Waals surface area (Å²) in [5.74, 6) is -1.10. The van der Waals surface area contributed by atoms with Crippen molar-refractivity contribution in [2.24, 2.45) is 0 Å². The highest BCUT2D eigenvalue weighted by atomic mass is 32.1. The molecule has 0 radical (unpaired) electrons. The molecule has 0 fully saturated rings. The molecule has 1 amide bonds. The van der Waals surface area contributed by atoms with E-state index in [4.69, 9.17) is 5.11 Å². The Morgan fingerprint density at radius 1 is 1.06 bits per heavy atom. The Balaban J connectivity index is 1.53. The second-order valence-corrected chi connectivity index (χ2v) is 7.65. The number of halogens is 3. The lowest BCUT2D eigenvalue weighted by Gasteiger charge is -2.10. The molecular formula is C21H15F3N4O3S. The number of nitrogens with one attached hydrogen (secondary N) is 1. The van der Waals surface area contributed by atoms with E-state index >= 15 is 0 Å². The Morgan fingerprint density at radius 2 is 1.78 bits per heavy atom. The van der Waals surface area contributed by atoms with Crippen LogP contribution in [0, 0.1) is 0 Å². The zero-order valence-corrected chi connectivity index (χ0v) is 17.1. The van der Waals surface area contributed by atoms with Gasteiger partial charge in [0.1, 0.15) is 0 Å². The molecule has 2 aromatic heterocycles. The smallest absolute Gasteiger partial charge is 0.416 e. The number of carboxylic acids is 1. The summed E-state index contributed by atoms with van der Waals surface area (Å²) < 4.78 is 39.8. The predicted octanol–water partition coefficient (Wildman–Crippen LogP) is 4.91. The third-order valence-electron chi connectivity index (χ3n) is 4.63. The number of para-hydroxylation sites is 2. The average Bonchev–Trinajstić information content (AvgIpc) is 3.37. The Labute approximate surface area is 183 Å². The van der Waals surface area contributed by atoms with Gasteiger partial charge in [-0.15, -0.1) is 11.3 Å². The Hall–Kier alpha value is -3.73. The van der Waals surface area contributed by atoms with Crippen LogP contribution in [0.1, 0.15) is 22.5 Å². The van der Waals surface area contributed by atoms with Gasteiger partial charge in [-0.05, 0) is 36.4 Å². The van der Waals surface area contributed by atoms with E-state index in [9.17, 15) is 22.8 Å². The number of imidazole rings is 1.